The molecule has 118 valence electrons. The third-order valence-corrected chi connectivity index (χ3v) is 3.16. The molecule has 3 nitrogen and oxygen atoms in total. The number of carboxylic acid groups (broad SMARTS) is 1. The zero-order valence-corrected chi connectivity index (χ0v) is 11.8. The van der Waals surface area contributed by atoms with Crippen LogP contribution in [-0.4, -0.2) is 22.8 Å². The Kier molecular flexibility index (Phi) is 4.52. The van der Waals surface area contributed by atoms with Gasteiger partial charge in [0, 0.05) is 10.2 Å². The highest BCUT2D eigenvalue weighted by molar-refractivity contribution is 9.10. The van der Waals surface area contributed by atoms with Gasteiger partial charge >= 0.3 is 18.3 Å². The van der Waals surface area contributed by atoms with Crippen LogP contribution in [0.25, 0.3) is 0 Å². The molecule has 21 heavy (non-hydrogen) atoms. The highest BCUT2D eigenvalue weighted by Crippen LogP contribution is 2.40. The number of hydrogen-bond acceptors (Lipinski definition) is 2. The summed E-state index contributed by atoms with van der Waals surface area (Å²) < 4.78 is 76.9. The van der Waals surface area contributed by atoms with Gasteiger partial charge in [-0.3, -0.25) is 0 Å². The summed E-state index contributed by atoms with van der Waals surface area (Å²) in [5.74, 6) is -2.34. The second-order valence-corrected chi connectivity index (χ2v) is 5.16. The minimum absolute atomic E-state index is 0.0629. The fourth-order valence-corrected chi connectivity index (χ4v) is 1.74. The standard InChI is InChI=1S/C11H8BrF6NO2/c1-9(8(20)21,11(16,17)18)19-7-4-5(12)2-3-6(7)10(13,14)15/h2-4,19H,1H3,(H,20,21). The number of nitrogens with one attached hydrogen (secondary N) is 1. The normalized spacial score (nSPS) is 15.4. The summed E-state index contributed by atoms with van der Waals surface area (Å²) in [4.78, 5) is 10.8. The molecular formula is C11H8BrF6NO2. The molecule has 0 saturated heterocycles. The number of anilines is 1. The van der Waals surface area contributed by atoms with Crippen LogP contribution in [0.1, 0.15) is 12.5 Å². The van der Waals surface area contributed by atoms with E-state index >= 15 is 0 Å². The summed E-state index contributed by atoms with van der Waals surface area (Å²) in [7, 11) is 0. The first kappa shape index (κ1) is 17.6. The van der Waals surface area contributed by atoms with Crippen molar-refractivity contribution in [3.05, 3.63) is 28.2 Å². The van der Waals surface area contributed by atoms with E-state index in [0.29, 0.717) is 6.07 Å². The number of aliphatic carboxylic acids is 1. The molecule has 0 spiro atoms. The maximum absolute atomic E-state index is 12.8. The van der Waals surface area contributed by atoms with Crippen molar-refractivity contribution in [1.82, 2.24) is 0 Å². The minimum Gasteiger partial charge on any atom is -0.479 e. The molecule has 1 atom stereocenters. The van der Waals surface area contributed by atoms with E-state index in [1.807, 2.05) is 0 Å². The van der Waals surface area contributed by atoms with Crippen molar-refractivity contribution in [1.29, 1.82) is 0 Å². The molecule has 0 bridgehead atoms. The molecule has 0 heterocycles. The second kappa shape index (κ2) is 5.39. The van der Waals surface area contributed by atoms with Gasteiger partial charge in [-0.1, -0.05) is 15.9 Å². The monoisotopic (exact) mass is 379 g/mol. The molecule has 0 fully saturated rings. The van der Waals surface area contributed by atoms with Gasteiger partial charge in [-0.25, -0.2) is 4.79 Å². The maximum Gasteiger partial charge on any atom is 0.422 e. The van der Waals surface area contributed by atoms with Gasteiger partial charge in [-0.2, -0.15) is 26.3 Å². The number of carboxylic acids is 1. The maximum atomic E-state index is 12.8. The molecule has 0 saturated carbocycles. The lowest BCUT2D eigenvalue weighted by Crippen LogP contribution is -2.55. The molecule has 0 radical (unpaired) electrons. The third kappa shape index (κ3) is 3.60. The Morgan fingerprint density at radius 1 is 1.19 bits per heavy atom. The van der Waals surface area contributed by atoms with E-state index in [-0.39, 0.29) is 11.4 Å². The van der Waals surface area contributed by atoms with E-state index in [4.69, 9.17) is 5.11 Å². The van der Waals surface area contributed by atoms with Crippen molar-refractivity contribution in [3.8, 4) is 0 Å². The summed E-state index contributed by atoms with van der Waals surface area (Å²) in [5.41, 5.74) is -5.95. The first-order chi connectivity index (χ1) is 9.29. The van der Waals surface area contributed by atoms with Crippen molar-refractivity contribution in [2.24, 2.45) is 0 Å². The predicted octanol–water partition coefficient (Wildman–Crippen LogP) is 4.29. The Labute approximate surface area is 123 Å². The molecule has 0 amide bonds. The van der Waals surface area contributed by atoms with Crippen LogP contribution in [0.3, 0.4) is 0 Å². The largest absolute Gasteiger partial charge is 0.479 e. The number of rotatable bonds is 3. The van der Waals surface area contributed by atoms with Gasteiger partial charge in [0.2, 0.25) is 5.54 Å². The molecular weight excluding hydrogens is 372 g/mol. The van der Waals surface area contributed by atoms with Crippen LogP contribution in [0, 0.1) is 0 Å². The summed E-state index contributed by atoms with van der Waals surface area (Å²) in [6, 6.07) is 2.26. The molecule has 1 rings (SSSR count). The minimum atomic E-state index is -5.30. The SMILES string of the molecule is CC(Nc1cc(Br)ccc1C(F)(F)F)(C(=O)O)C(F)(F)F. The molecule has 1 aromatic rings. The Morgan fingerprint density at radius 3 is 2.10 bits per heavy atom. The van der Waals surface area contributed by atoms with Crippen LogP contribution in [0.5, 0.6) is 0 Å². The molecule has 0 aliphatic carbocycles. The molecule has 10 heteroatoms. The highest BCUT2D eigenvalue weighted by atomic mass is 79.9. The van der Waals surface area contributed by atoms with Gasteiger partial charge in [-0.15, -0.1) is 0 Å². The molecule has 1 unspecified atom stereocenters. The van der Waals surface area contributed by atoms with E-state index in [1.165, 1.54) is 5.32 Å². The van der Waals surface area contributed by atoms with E-state index in [0.717, 1.165) is 12.1 Å². The van der Waals surface area contributed by atoms with Gasteiger partial charge in [0.25, 0.3) is 0 Å². The van der Waals surface area contributed by atoms with E-state index < -0.39 is 35.1 Å². The van der Waals surface area contributed by atoms with E-state index in [9.17, 15) is 31.1 Å². The first-order valence-corrected chi connectivity index (χ1v) is 6.03. The summed E-state index contributed by atoms with van der Waals surface area (Å²) in [6.45, 7) is 0.246. The predicted molar refractivity (Wildman–Crippen MR) is 64.9 cm³/mol. The van der Waals surface area contributed by atoms with Crippen molar-refractivity contribution in [2.45, 2.75) is 24.8 Å². The van der Waals surface area contributed by atoms with Gasteiger partial charge in [0.1, 0.15) is 0 Å². The Bertz CT molecular complexity index is 557. The average Bonchev–Trinajstić information content (AvgIpc) is 2.25. The Balaban J connectivity index is 3.41. The van der Waals surface area contributed by atoms with Crippen molar-refractivity contribution < 1.29 is 36.2 Å². The molecule has 0 aliphatic heterocycles. The Hall–Kier alpha value is -1.45. The topological polar surface area (TPSA) is 49.3 Å². The quantitative estimate of drug-likeness (QED) is 0.770. The Morgan fingerprint density at radius 2 is 1.71 bits per heavy atom. The van der Waals surface area contributed by atoms with Crippen LogP contribution in [0.4, 0.5) is 32.0 Å². The second-order valence-electron chi connectivity index (χ2n) is 4.24. The van der Waals surface area contributed by atoms with Crippen LogP contribution >= 0.6 is 15.9 Å². The van der Waals surface area contributed by atoms with Gasteiger partial charge < -0.3 is 10.4 Å². The average molecular weight is 380 g/mol. The lowest BCUT2D eigenvalue weighted by atomic mass is 10.0. The number of alkyl halides is 6. The van der Waals surface area contributed by atoms with Gasteiger partial charge in [-0.05, 0) is 25.1 Å². The fraction of sp³-hybridized carbons (Fsp3) is 0.364. The van der Waals surface area contributed by atoms with E-state index in [2.05, 4.69) is 15.9 Å². The lowest BCUT2D eigenvalue weighted by Gasteiger charge is -2.30. The van der Waals surface area contributed by atoms with E-state index in [1.54, 1.807) is 0 Å². The summed E-state index contributed by atoms with van der Waals surface area (Å²) in [5, 5.41) is 10.2. The van der Waals surface area contributed by atoms with Crippen LogP contribution < -0.4 is 5.32 Å². The number of hydrogen-bond donors (Lipinski definition) is 2. The van der Waals surface area contributed by atoms with Crippen molar-refractivity contribution in [2.75, 3.05) is 5.32 Å². The van der Waals surface area contributed by atoms with Gasteiger partial charge in [0.05, 0.1) is 5.56 Å². The lowest BCUT2D eigenvalue weighted by molar-refractivity contribution is -0.193. The summed E-state index contributed by atoms with van der Waals surface area (Å²) >= 11 is 2.82. The number of halogens is 7. The molecule has 0 aromatic heterocycles. The molecule has 0 aliphatic rings. The van der Waals surface area contributed by atoms with Crippen LogP contribution in [-0.2, 0) is 11.0 Å². The fourth-order valence-electron chi connectivity index (χ4n) is 1.38. The smallest absolute Gasteiger partial charge is 0.422 e. The number of carbonyl (C=O) groups is 1. The van der Waals surface area contributed by atoms with Crippen LogP contribution in [0.2, 0.25) is 0 Å². The molecule has 2 N–H and O–H groups in total. The zero-order chi connectivity index (χ0) is 16.6. The molecule has 1 aromatic carbocycles. The van der Waals surface area contributed by atoms with Crippen molar-refractivity contribution in [3.63, 3.8) is 0 Å². The van der Waals surface area contributed by atoms with Crippen LogP contribution in [0.15, 0.2) is 22.7 Å². The van der Waals surface area contributed by atoms with Crippen molar-refractivity contribution >= 4 is 27.6 Å². The summed E-state index contributed by atoms with van der Waals surface area (Å²) in [6.07, 6.45) is -10.2. The highest BCUT2D eigenvalue weighted by Gasteiger charge is 2.58. The number of benzene rings is 1. The third-order valence-electron chi connectivity index (χ3n) is 2.67. The zero-order valence-electron chi connectivity index (χ0n) is 10.2. The first-order valence-electron chi connectivity index (χ1n) is 5.24. The van der Waals surface area contributed by atoms with Gasteiger partial charge in [0.15, 0.2) is 0 Å².